The fourth-order valence-corrected chi connectivity index (χ4v) is 3.97. The number of anilines is 1. The highest BCUT2D eigenvalue weighted by Gasteiger charge is 2.30. The minimum atomic E-state index is -0.0416. The molecule has 0 aliphatic carbocycles. The Morgan fingerprint density at radius 2 is 2.12 bits per heavy atom. The van der Waals surface area contributed by atoms with Crippen molar-refractivity contribution in [3.05, 3.63) is 53.0 Å². The molecule has 3 aromatic rings. The number of benzene rings is 1. The number of carbonyl (C=O) groups is 1. The van der Waals surface area contributed by atoms with Gasteiger partial charge in [0.05, 0.1) is 6.04 Å². The molecule has 6 nitrogen and oxygen atoms in total. The Morgan fingerprint density at radius 3 is 2.80 bits per heavy atom. The van der Waals surface area contributed by atoms with Crippen LogP contribution in [0.15, 0.2) is 47.4 Å². The highest BCUT2D eigenvalue weighted by atomic mass is 32.1. The molecule has 1 N–H and O–H groups in total. The van der Waals surface area contributed by atoms with Gasteiger partial charge in [-0.15, -0.1) is 10.2 Å². The summed E-state index contributed by atoms with van der Waals surface area (Å²) in [4.78, 5) is 14.6. The van der Waals surface area contributed by atoms with Gasteiger partial charge in [0.2, 0.25) is 0 Å². The average molecular weight is 353 g/mol. The number of likely N-dealkylation sites (tertiary alicyclic amines) is 1. The Balaban J connectivity index is 1.46. The summed E-state index contributed by atoms with van der Waals surface area (Å²) in [6, 6.07) is 9.94. The van der Waals surface area contributed by atoms with Crippen molar-refractivity contribution in [2.45, 2.75) is 18.9 Å². The molecule has 0 spiro atoms. The molecule has 1 aromatic carbocycles. The maximum atomic E-state index is 12.7. The third-order valence-electron chi connectivity index (χ3n) is 4.55. The van der Waals surface area contributed by atoms with Crippen molar-refractivity contribution >= 4 is 23.1 Å². The Hall–Kier alpha value is -2.67. The lowest BCUT2D eigenvalue weighted by atomic mass is 10.1. The molecule has 7 heteroatoms. The number of aryl methyl sites for hydroxylation is 1. The standard InChI is InChI=1S/C18H19N5OS/c1-22-12-19-21-17(22)13-4-6-15(7-5-13)20-18(24)23-9-2-3-16(23)14-8-10-25-11-14/h4-8,10-12,16H,2-3,9H2,1H3,(H,20,24)/t16-/m0/s1. The summed E-state index contributed by atoms with van der Waals surface area (Å²) in [5.74, 6) is 0.801. The highest BCUT2D eigenvalue weighted by molar-refractivity contribution is 7.08. The Kier molecular flexibility index (Phi) is 4.23. The second-order valence-electron chi connectivity index (χ2n) is 6.18. The fraction of sp³-hybridized carbons (Fsp3) is 0.278. The van der Waals surface area contributed by atoms with Gasteiger partial charge in [-0.3, -0.25) is 0 Å². The van der Waals surface area contributed by atoms with Gasteiger partial charge in [0.1, 0.15) is 6.33 Å². The molecular formula is C18H19N5OS. The number of hydrogen-bond acceptors (Lipinski definition) is 4. The zero-order valence-corrected chi connectivity index (χ0v) is 14.7. The summed E-state index contributed by atoms with van der Waals surface area (Å²) in [7, 11) is 1.91. The lowest BCUT2D eigenvalue weighted by Crippen LogP contribution is -2.34. The van der Waals surface area contributed by atoms with E-state index in [1.807, 2.05) is 40.8 Å². The first-order valence-corrected chi connectivity index (χ1v) is 9.21. The SMILES string of the molecule is Cn1cnnc1-c1ccc(NC(=O)N2CCC[C@H]2c2ccsc2)cc1. The average Bonchev–Trinajstić information content (AvgIpc) is 3.36. The van der Waals surface area contributed by atoms with Crippen molar-refractivity contribution in [3.8, 4) is 11.4 Å². The van der Waals surface area contributed by atoms with Crippen molar-refractivity contribution < 1.29 is 4.79 Å². The molecule has 1 fully saturated rings. The number of aromatic nitrogens is 3. The number of thiophene rings is 1. The number of nitrogens with one attached hydrogen (secondary N) is 1. The summed E-state index contributed by atoms with van der Waals surface area (Å²) < 4.78 is 1.86. The molecule has 1 atom stereocenters. The molecule has 0 radical (unpaired) electrons. The second-order valence-corrected chi connectivity index (χ2v) is 6.96. The molecule has 0 unspecified atom stereocenters. The van der Waals surface area contributed by atoms with Crippen molar-refractivity contribution in [3.63, 3.8) is 0 Å². The summed E-state index contributed by atoms with van der Waals surface area (Å²) in [5.41, 5.74) is 2.98. The molecule has 0 saturated carbocycles. The van der Waals surface area contributed by atoms with Crippen LogP contribution in [0.3, 0.4) is 0 Å². The lowest BCUT2D eigenvalue weighted by Gasteiger charge is -2.24. The van der Waals surface area contributed by atoms with Crippen LogP contribution in [0.25, 0.3) is 11.4 Å². The van der Waals surface area contributed by atoms with Crippen LogP contribution >= 0.6 is 11.3 Å². The van der Waals surface area contributed by atoms with Gasteiger partial charge >= 0.3 is 6.03 Å². The molecule has 1 aliphatic heterocycles. The van der Waals surface area contributed by atoms with E-state index in [1.165, 1.54) is 5.56 Å². The predicted octanol–water partition coefficient (Wildman–Crippen LogP) is 3.91. The minimum absolute atomic E-state index is 0.0416. The van der Waals surface area contributed by atoms with Crippen LogP contribution in [-0.2, 0) is 7.05 Å². The van der Waals surface area contributed by atoms with Crippen LogP contribution in [0.4, 0.5) is 10.5 Å². The van der Waals surface area contributed by atoms with E-state index in [9.17, 15) is 4.79 Å². The molecule has 25 heavy (non-hydrogen) atoms. The zero-order chi connectivity index (χ0) is 17.2. The predicted molar refractivity (Wildman–Crippen MR) is 98.5 cm³/mol. The van der Waals surface area contributed by atoms with Crippen molar-refractivity contribution in [1.82, 2.24) is 19.7 Å². The van der Waals surface area contributed by atoms with Gasteiger partial charge in [-0.25, -0.2) is 4.79 Å². The topological polar surface area (TPSA) is 63.1 Å². The molecule has 2 aromatic heterocycles. The van der Waals surface area contributed by atoms with Crippen LogP contribution in [0.1, 0.15) is 24.4 Å². The summed E-state index contributed by atoms with van der Waals surface area (Å²) in [6.45, 7) is 0.795. The maximum absolute atomic E-state index is 12.7. The first-order chi connectivity index (χ1) is 12.2. The van der Waals surface area contributed by atoms with E-state index in [2.05, 4.69) is 32.3 Å². The molecular weight excluding hydrogens is 334 g/mol. The number of hydrogen-bond donors (Lipinski definition) is 1. The Bertz CT molecular complexity index is 856. The lowest BCUT2D eigenvalue weighted by molar-refractivity contribution is 0.207. The van der Waals surface area contributed by atoms with Crippen molar-refractivity contribution in [2.24, 2.45) is 7.05 Å². The highest BCUT2D eigenvalue weighted by Crippen LogP contribution is 2.33. The maximum Gasteiger partial charge on any atom is 0.322 e. The summed E-state index contributed by atoms with van der Waals surface area (Å²) in [6.07, 6.45) is 3.73. The van der Waals surface area contributed by atoms with Crippen LogP contribution < -0.4 is 5.32 Å². The van der Waals surface area contributed by atoms with Crippen molar-refractivity contribution in [2.75, 3.05) is 11.9 Å². The number of amides is 2. The largest absolute Gasteiger partial charge is 0.322 e. The number of carbonyl (C=O) groups excluding carboxylic acids is 1. The Morgan fingerprint density at radius 1 is 1.28 bits per heavy atom. The third-order valence-corrected chi connectivity index (χ3v) is 5.25. The number of nitrogens with zero attached hydrogens (tertiary/aromatic N) is 4. The molecule has 2 amide bonds. The molecule has 4 rings (SSSR count). The molecule has 128 valence electrons. The quantitative estimate of drug-likeness (QED) is 0.776. The summed E-state index contributed by atoms with van der Waals surface area (Å²) >= 11 is 1.67. The van der Waals surface area contributed by atoms with E-state index < -0.39 is 0 Å². The van der Waals surface area contributed by atoms with E-state index >= 15 is 0 Å². The van der Waals surface area contributed by atoms with Gasteiger partial charge in [-0.05, 0) is 59.5 Å². The van der Waals surface area contributed by atoms with E-state index in [4.69, 9.17) is 0 Å². The number of rotatable bonds is 3. The molecule has 0 bridgehead atoms. The molecule has 3 heterocycles. The van der Waals surface area contributed by atoms with Gasteiger partial charge in [0, 0.05) is 24.8 Å². The first kappa shape index (κ1) is 15.8. The van der Waals surface area contributed by atoms with Crippen LogP contribution in [0, 0.1) is 0 Å². The monoisotopic (exact) mass is 353 g/mol. The second kappa shape index (κ2) is 6.68. The van der Waals surface area contributed by atoms with Crippen LogP contribution in [0.2, 0.25) is 0 Å². The smallest absolute Gasteiger partial charge is 0.317 e. The fourth-order valence-electron chi connectivity index (χ4n) is 3.26. The first-order valence-electron chi connectivity index (χ1n) is 8.26. The van der Waals surface area contributed by atoms with Gasteiger partial charge in [0.15, 0.2) is 5.82 Å². The van der Waals surface area contributed by atoms with E-state index in [-0.39, 0.29) is 12.1 Å². The van der Waals surface area contributed by atoms with Gasteiger partial charge in [0.25, 0.3) is 0 Å². The molecule has 1 aliphatic rings. The Labute approximate surface area is 150 Å². The minimum Gasteiger partial charge on any atom is -0.317 e. The van der Waals surface area contributed by atoms with Crippen LogP contribution in [-0.4, -0.2) is 32.2 Å². The third kappa shape index (κ3) is 3.15. The van der Waals surface area contributed by atoms with Gasteiger partial charge in [-0.2, -0.15) is 11.3 Å². The van der Waals surface area contributed by atoms with Crippen molar-refractivity contribution in [1.29, 1.82) is 0 Å². The van der Waals surface area contributed by atoms with E-state index in [0.29, 0.717) is 0 Å². The van der Waals surface area contributed by atoms with E-state index in [1.54, 1.807) is 17.7 Å². The van der Waals surface area contributed by atoms with Crippen LogP contribution in [0.5, 0.6) is 0 Å². The summed E-state index contributed by atoms with van der Waals surface area (Å²) in [5, 5.41) is 15.2. The van der Waals surface area contributed by atoms with Gasteiger partial charge < -0.3 is 14.8 Å². The normalized spacial score (nSPS) is 17.0. The number of urea groups is 1. The zero-order valence-electron chi connectivity index (χ0n) is 13.9. The van der Waals surface area contributed by atoms with E-state index in [0.717, 1.165) is 36.5 Å². The van der Waals surface area contributed by atoms with Gasteiger partial charge in [-0.1, -0.05) is 0 Å². The molecule has 1 saturated heterocycles.